The molecule has 1 N–H and O–H groups in total. The van der Waals surface area contributed by atoms with Crippen molar-refractivity contribution in [3.8, 4) is 5.75 Å². The van der Waals surface area contributed by atoms with Gasteiger partial charge in [-0.1, -0.05) is 12.1 Å². The molecule has 0 spiro atoms. The van der Waals surface area contributed by atoms with Gasteiger partial charge in [0.2, 0.25) is 0 Å². The third kappa shape index (κ3) is 4.81. The SMILES string of the molecule is COc1ccc(C(=O)OCC(=O)N[C@@H](C)c2ccc(F)cc2)cc1. The van der Waals surface area contributed by atoms with E-state index in [4.69, 9.17) is 9.47 Å². The zero-order valence-electron chi connectivity index (χ0n) is 13.4. The van der Waals surface area contributed by atoms with E-state index in [0.717, 1.165) is 5.56 Å². The number of hydrogen-bond acceptors (Lipinski definition) is 4. The van der Waals surface area contributed by atoms with Gasteiger partial charge < -0.3 is 14.8 Å². The van der Waals surface area contributed by atoms with Crippen molar-refractivity contribution < 1.29 is 23.5 Å². The summed E-state index contributed by atoms with van der Waals surface area (Å²) in [6.45, 7) is 1.37. The zero-order chi connectivity index (χ0) is 17.5. The van der Waals surface area contributed by atoms with Crippen LogP contribution in [0, 0.1) is 5.82 Å². The smallest absolute Gasteiger partial charge is 0.338 e. The van der Waals surface area contributed by atoms with Crippen LogP contribution in [-0.4, -0.2) is 25.6 Å². The Balaban J connectivity index is 1.83. The molecule has 2 rings (SSSR count). The summed E-state index contributed by atoms with van der Waals surface area (Å²) in [5.41, 5.74) is 1.08. The lowest BCUT2D eigenvalue weighted by molar-refractivity contribution is -0.124. The zero-order valence-corrected chi connectivity index (χ0v) is 13.4. The Morgan fingerprint density at radius 2 is 1.71 bits per heavy atom. The predicted molar refractivity (Wildman–Crippen MR) is 86.2 cm³/mol. The Hall–Kier alpha value is -2.89. The number of rotatable bonds is 6. The molecule has 1 atom stereocenters. The van der Waals surface area contributed by atoms with Gasteiger partial charge in [0, 0.05) is 0 Å². The average Bonchev–Trinajstić information content (AvgIpc) is 2.60. The van der Waals surface area contributed by atoms with Crippen LogP contribution in [0.2, 0.25) is 0 Å². The van der Waals surface area contributed by atoms with Crippen molar-refractivity contribution in [2.45, 2.75) is 13.0 Å². The number of halogens is 1. The fourth-order valence-electron chi connectivity index (χ4n) is 2.06. The molecule has 0 bridgehead atoms. The largest absolute Gasteiger partial charge is 0.497 e. The standard InChI is InChI=1S/C18H18FNO4/c1-12(13-3-7-15(19)8-4-13)20-17(21)11-24-18(22)14-5-9-16(23-2)10-6-14/h3-10,12H,11H2,1-2H3,(H,20,21)/t12-/m0/s1. The molecule has 5 nitrogen and oxygen atoms in total. The molecule has 6 heteroatoms. The Kier molecular flexibility index (Phi) is 5.89. The summed E-state index contributed by atoms with van der Waals surface area (Å²) in [5, 5.41) is 2.68. The molecule has 0 aromatic heterocycles. The highest BCUT2D eigenvalue weighted by atomic mass is 19.1. The van der Waals surface area contributed by atoms with E-state index < -0.39 is 18.5 Å². The van der Waals surface area contributed by atoms with Gasteiger partial charge in [0.25, 0.3) is 5.91 Å². The summed E-state index contributed by atoms with van der Waals surface area (Å²) >= 11 is 0. The van der Waals surface area contributed by atoms with Crippen LogP contribution in [0.4, 0.5) is 4.39 Å². The van der Waals surface area contributed by atoms with Gasteiger partial charge >= 0.3 is 5.97 Å². The maximum absolute atomic E-state index is 12.9. The first-order valence-electron chi connectivity index (χ1n) is 7.35. The third-order valence-corrected chi connectivity index (χ3v) is 3.41. The van der Waals surface area contributed by atoms with Gasteiger partial charge in [0.1, 0.15) is 11.6 Å². The van der Waals surface area contributed by atoms with Gasteiger partial charge in [-0.3, -0.25) is 4.79 Å². The van der Waals surface area contributed by atoms with Crippen LogP contribution < -0.4 is 10.1 Å². The van der Waals surface area contributed by atoms with E-state index in [1.807, 2.05) is 0 Å². The quantitative estimate of drug-likeness (QED) is 0.827. The number of nitrogens with one attached hydrogen (secondary N) is 1. The molecule has 0 aliphatic rings. The number of carbonyl (C=O) groups excluding carboxylic acids is 2. The molecule has 1 amide bonds. The molecule has 126 valence electrons. The average molecular weight is 331 g/mol. The van der Waals surface area contributed by atoms with E-state index in [0.29, 0.717) is 11.3 Å². The van der Waals surface area contributed by atoms with Crippen LogP contribution in [0.3, 0.4) is 0 Å². The summed E-state index contributed by atoms with van der Waals surface area (Å²) in [4.78, 5) is 23.7. The second-order valence-corrected chi connectivity index (χ2v) is 5.15. The highest BCUT2D eigenvalue weighted by molar-refractivity contribution is 5.91. The number of methoxy groups -OCH3 is 1. The van der Waals surface area contributed by atoms with Gasteiger partial charge in [0.05, 0.1) is 18.7 Å². The van der Waals surface area contributed by atoms with Crippen molar-refractivity contribution in [3.63, 3.8) is 0 Å². The van der Waals surface area contributed by atoms with E-state index in [-0.39, 0.29) is 11.9 Å². The number of benzene rings is 2. The monoisotopic (exact) mass is 331 g/mol. The van der Waals surface area contributed by atoms with Crippen molar-refractivity contribution in [1.82, 2.24) is 5.32 Å². The third-order valence-electron chi connectivity index (χ3n) is 3.41. The van der Waals surface area contributed by atoms with Gasteiger partial charge in [0.15, 0.2) is 6.61 Å². The first kappa shape index (κ1) is 17.5. The Bertz CT molecular complexity index is 698. The topological polar surface area (TPSA) is 64.6 Å². The summed E-state index contributed by atoms with van der Waals surface area (Å²) in [6.07, 6.45) is 0. The summed E-state index contributed by atoms with van der Waals surface area (Å²) < 4.78 is 22.8. The number of carbonyl (C=O) groups is 2. The molecule has 0 heterocycles. The van der Waals surface area contributed by atoms with Crippen molar-refractivity contribution >= 4 is 11.9 Å². The highest BCUT2D eigenvalue weighted by Gasteiger charge is 2.13. The minimum atomic E-state index is -0.595. The number of ether oxygens (including phenoxy) is 2. The lowest BCUT2D eigenvalue weighted by Crippen LogP contribution is -2.31. The van der Waals surface area contributed by atoms with E-state index in [1.165, 1.54) is 19.2 Å². The molecule has 0 unspecified atom stereocenters. The number of esters is 1. The van der Waals surface area contributed by atoms with Crippen LogP contribution in [0.1, 0.15) is 28.9 Å². The van der Waals surface area contributed by atoms with Crippen molar-refractivity contribution in [2.75, 3.05) is 13.7 Å². The van der Waals surface area contributed by atoms with Crippen molar-refractivity contribution in [1.29, 1.82) is 0 Å². The van der Waals surface area contributed by atoms with E-state index >= 15 is 0 Å². The second-order valence-electron chi connectivity index (χ2n) is 5.15. The van der Waals surface area contributed by atoms with E-state index in [9.17, 15) is 14.0 Å². The van der Waals surface area contributed by atoms with Gasteiger partial charge in [-0.25, -0.2) is 9.18 Å². The summed E-state index contributed by atoms with van der Waals surface area (Å²) in [5.74, 6) is -0.751. The Morgan fingerprint density at radius 1 is 1.08 bits per heavy atom. The predicted octanol–water partition coefficient (Wildman–Crippen LogP) is 2.87. The Labute approximate surface area is 139 Å². The lowest BCUT2D eigenvalue weighted by Gasteiger charge is -2.14. The van der Waals surface area contributed by atoms with Crippen LogP contribution in [0.25, 0.3) is 0 Å². The van der Waals surface area contributed by atoms with Gasteiger partial charge in [-0.2, -0.15) is 0 Å². The molecule has 0 saturated heterocycles. The molecule has 0 fully saturated rings. The highest BCUT2D eigenvalue weighted by Crippen LogP contribution is 2.13. The number of hydrogen-bond donors (Lipinski definition) is 1. The van der Waals surface area contributed by atoms with Crippen LogP contribution in [0.15, 0.2) is 48.5 Å². The molecule has 0 saturated carbocycles. The molecular weight excluding hydrogens is 313 g/mol. The second kappa shape index (κ2) is 8.10. The molecule has 0 aliphatic carbocycles. The summed E-state index contributed by atoms with van der Waals surface area (Å²) in [7, 11) is 1.53. The molecular formula is C18H18FNO4. The maximum atomic E-state index is 12.9. The van der Waals surface area contributed by atoms with Crippen LogP contribution >= 0.6 is 0 Å². The molecule has 0 aliphatic heterocycles. The van der Waals surface area contributed by atoms with Gasteiger partial charge in [-0.15, -0.1) is 0 Å². The van der Waals surface area contributed by atoms with E-state index in [1.54, 1.807) is 43.3 Å². The fourth-order valence-corrected chi connectivity index (χ4v) is 2.06. The Morgan fingerprint density at radius 3 is 2.29 bits per heavy atom. The first-order valence-corrected chi connectivity index (χ1v) is 7.35. The lowest BCUT2D eigenvalue weighted by atomic mass is 10.1. The van der Waals surface area contributed by atoms with Crippen LogP contribution in [-0.2, 0) is 9.53 Å². The minimum Gasteiger partial charge on any atom is -0.497 e. The maximum Gasteiger partial charge on any atom is 0.338 e. The molecule has 24 heavy (non-hydrogen) atoms. The molecule has 2 aromatic carbocycles. The summed E-state index contributed by atoms with van der Waals surface area (Å²) in [6, 6.07) is 11.9. The van der Waals surface area contributed by atoms with Crippen molar-refractivity contribution in [3.05, 3.63) is 65.5 Å². The fraction of sp³-hybridized carbons (Fsp3) is 0.222. The van der Waals surface area contributed by atoms with Crippen molar-refractivity contribution in [2.24, 2.45) is 0 Å². The van der Waals surface area contributed by atoms with E-state index in [2.05, 4.69) is 5.32 Å². The first-order chi connectivity index (χ1) is 11.5. The van der Waals surface area contributed by atoms with Gasteiger partial charge in [-0.05, 0) is 48.9 Å². The normalized spacial score (nSPS) is 11.5. The minimum absolute atomic E-state index is 0.321. The molecule has 2 aromatic rings. The number of amides is 1. The van der Waals surface area contributed by atoms with Crippen LogP contribution in [0.5, 0.6) is 5.75 Å². The molecule has 0 radical (unpaired) electrons.